The number of pyridine rings is 1. The van der Waals surface area contributed by atoms with Gasteiger partial charge in [-0.25, -0.2) is 4.98 Å². The number of hydrogen-bond acceptors (Lipinski definition) is 4. The van der Waals surface area contributed by atoms with E-state index in [1.54, 1.807) is 13.2 Å². The summed E-state index contributed by atoms with van der Waals surface area (Å²) in [5, 5.41) is 10.8. The van der Waals surface area contributed by atoms with Gasteiger partial charge in [0, 0.05) is 18.0 Å². The maximum absolute atomic E-state index is 10.8. The lowest BCUT2D eigenvalue weighted by atomic mass is 9.71. The predicted octanol–water partition coefficient (Wildman–Crippen LogP) is 2.81. The fourth-order valence-corrected chi connectivity index (χ4v) is 3.21. The van der Waals surface area contributed by atoms with E-state index in [9.17, 15) is 5.11 Å². The molecule has 0 saturated heterocycles. The molecule has 112 valence electrons. The molecule has 1 fully saturated rings. The third kappa shape index (κ3) is 3.30. The first kappa shape index (κ1) is 15.3. The van der Waals surface area contributed by atoms with Gasteiger partial charge in [-0.2, -0.15) is 0 Å². The van der Waals surface area contributed by atoms with E-state index in [4.69, 9.17) is 10.5 Å². The minimum absolute atomic E-state index is 0.236. The number of nitrogens with zero attached hydrogens (tertiary/aromatic N) is 1. The van der Waals surface area contributed by atoms with Crippen molar-refractivity contribution in [1.29, 1.82) is 0 Å². The highest BCUT2D eigenvalue weighted by Crippen LogP contribution is 2.43. The number of rotatable bonds is 4. The predicted molar refractivity (Wildman–Crippen MR) is 79.6 cm³/mol. The lowest BCUT2D eigenvalue weighted by molar-refractivity contribution is 0.00524. The number of aliphatic hydroxyl groups excluding tert-OH is 1. The van der Waals surface area contributed by atoms with E-state index in [0.717, 1.165) is 25.7 Å². The van der Waals surface area contributed by atoms with Crippen LogP contribution in [-0.2, 0) is 0 Å². The van der Waals surface area contributed by atoms with E-state index in [1.807, 2.05) is 12.1 Å². The molecule has 1 aliphatic rings. The van der Waals surface area contributed by atoms with E-state index in [1.165, 1.54) is 19.3 Å². The average molecular weight is 278 g/mol. The van der Waals surface area contributed by atoms with Gasteiger partial charge in [-0.05, 0) is 18.9 Å². The number of methoxy groups -OCH3 is 1. The molecule has 0 aliphatic heterocycles. The fraction of sp³-hybridized carbons (Fsp3) is 0.688. The number of hydrogen-bond donors (Lipinski definition) is 2. The molecule has 1 atom stereocenters. The first-order valence-corrected chi connectivity index (χ1v) is 7.61. The summed E-state index contributed by atoms with van der Waals surface area (Å²) in [5.41, 5.74) is 6.49. The third-order valence-electron chi connectivity index (χ3n) is 4.57. The van der Waals surface area contributed by atoms with E-state index >= 15 is 0 Å². The molecule has 0 spiro atoms. The molecular formula is C16H26N2O2. The first-order chi connectivity index (χ1) is 9.72. The SMILES string of the molecule is COc1cccc(C(O)C2(CN)CCCCCCC2)n1. The van der Waals surface area contributed by atoms with Crippen LogP contribution in [0.25, 0.3) is 0 Å². The van der Waals surface area contributed by atoms with Gasteiger partial charge in [0.05, 0.1) is 12.8 Å². The molecule has 4 nitrogen and oxygen atoms in total. The average Bonchev–Trinajstić information content (AvgIpc) is 2.47. The largest absolute Gasteiger partial charge is 0.481 e. The van der Waals surface area contributed by atoms with Gasteiger partial charge in [-0.1, -0.05) is 38.2 Å². The molecule has 2 rings (SSSR count). The van der Waals surface area contributed by atoms with Gasteiger partial charge in [-0.15, -0.1) is 0 Å². The molecule has 1 saturated carbocycles. The van der Waals surface area contributed by atoms with Crippen molar-refractivity contribution in [3.05, 3.63) is 23.9 Å². The minimum Gasteiger partial charge on any atom is -0.481 e. The van der Waals surface area contributed by atoms with Crippen molar-refractivity contribution < 1.29 is 9.84 Å². The summed E-state index contributed by atoms with van der Waals surface area (Å²) in [6, 6.07) is 5.53. The molecule has 1 unspecified atom stereocenters. The second kappa shape index (κ2) is 7.04. The van der Waals surface area contributed by atoms with Crippen molar-refractivity contribution in [2.45, 2.75) is 51.0 Å². The Morgan fingerprint density at radius 1 is 1.25 bits per heavy atom. The zero-order valence-electron chi connectivity index (χ0n) is 12.3. The first-order valence-electron chi connectivity index (χ1n) is 7.61. The summed E-state index contributed by atoms with van der Waals surface area (Å²) in [5.74, 6) is 0.541. The Hall–Kier alpha value is -1.13. The van der Waals surface area contributed by atoms with E-state index < -0.39 is 6.10 Å². The van der Waals surface area contributed by atoms with Crippen molar-refractivity contribution in [3.63, 3.8) is 0 Å². The van der Waals surface area contributed by atoms with Gasteiger partial charge < -0.3 is 15.6 Å². The van der Waals surface area contributed by atoms with Crippen LogP contribution in [0.4, 0.5) is 0 Å². The molecule has 0 bridgehead atoms. The van der Waals surface area contributed by atoms with Gasteiger partial charge in [0.2, 0.25) is 5.88 Å². The quantitative estimate of drug-likeness (QED) is 0.888. The van der Waals surface area contributed by atoms with Crippen LogP contribution in [-0.4, -0.2) is 23.7 Å². The van der Waals surface area contributed by atoms with Gasteiger partial charge in [0.1, 0.15) is 6.10 Å². The summed E-state index contributed by atoms with van der Waals surface area (Å²) < 4.78 is 5.15. The number of aromatic nitrogens is 1. The second-order valence-corrected chi connectivity index (χ2v) is 5.84. The Morgan fingerprint density at radius 2 is 1.90 bits per heavy atom. The molecule has 0 aromatic carbocycles. The van der Waals surface area contributed by atoms with Crippen molar-refractivity contribution in [2.75, 3.05) is 13.7 Å². The Bertz CT molecular complexity index is 415. The molecule has 1 aromatic rings. The molecule has 3 N–H and O–H groups in total. The standard InChI is InChI=1S/C16H26N2O2/c1-20-14-9-7-8-13(18-14)15(19)16(12-17)10-5-3-2-4-6-11-16/h7-9,15,19H,2-6,10-12,17H2,1H3. The highest BCUT2D eigenvalue weighted by Gasteiger charge is 2.38. The Balaban J connectivity index is 2.23. The molecule has 1 aliphatic carbocycles. The summed E-state index contributed by atoms with van der Waals surface area (Å²) in [6.45, 7) is 0.507. The number of nitrogens with two attached hydrogens (primary N) is 1. The molecule has 0 radical (unpaired) electrons. The summed E-state index contributed by atoms with van der Waals surface area (Å²) >= 11 is 0. The highest BCUT2D eigenvalue weighted by atomic mass is 16.5. The maximum atomic E-state index is 10.8. The molecule has 20 heavy (non-hydrogen) atoms. The topological polar surface area (TPSA) is 68.4 Å². The zero-order valence-corrected chi connectivity index (χ0v) is 12.3. The van der Waals surface area contributed by atoms with Crippen LogP contribution in [0.1, 0.15) is 56.7 Å². The van der Waals surface area contributed by atoms with Crippen LogP contribution in [0.2, 0.25) is 0 Å². The van der Waals surface area contributed by atoms with Crippen molar-refractivity contribution in [3.8, 4) is 5.88 Å². The lowest BCUT2D eigenvalue weighted by Crippen LogP contribution is -2.38. The smallest absolute Gasteiger partial charge is 0.213 e. The lowest BCUT2D eigenvalue weighted by Gasteiger charge is -2.38. The van der Waals surface area contributed by atoms with E-state index in [0.29, 0.717) is 18.1 Å². The van der Waals surface area contributed by atoms with Crippen LogP contribution < -0.4 is 10.5 Å². The fourth-order valence-electron chi connectivity index (χ4n) is 3.21. The van der Waals surface area contributed by atoms with Gasteiger partial charge in [0.25, 0.3) is 0 Å². The monoisotopic (exact) mass is 278 g/mol. The highest BCUT2D eigenvalue weighted by molar-refractivity contribution is 5.19. The van der Waals surface area contributed by atoms with Gasteiger partial charge in [0.15, 0.2) is 0 Å². The summed E-state index contributed by atoms with van der Waals surface area (Å²) in [6.07, 6.45) is 7.39. The van der Waals surface area contributed by atoms with Gasteiger partial charge in [-0.3, -0.25) is 0 Å². The summed E-state index contributed by atoms with van der Waals surface area (Å²) in [7, 11) is 1.59. The van der Waals surface area contributed by atoms with Crippen LogP contribution in [0.5, 0.6) is 5.88 Å². The normalized spacial score (nSPS) is 20.8. The Labute approximate surface area is 121 Å². The van der Waals surface area contributed by atoms with Crippen LogP contribution in [0.15, 0.2) is 18.2 Å². The Morgan fingerprint density at radius 3 is 2.50 bits per heavy atom. The van der Waals surface area contributed by atoms with Crippen LogP contribution in [0, 0.1) is 5.41 Å². The van der Waals surface area contributed by atoms with Crippen molar-refractivity contribution in [1.82, 2.24) is 4.98 Å². The second-order valence-electron chi connectivity index (χ2n) is 5.84. The number of aliphatic hydroxyl groups is 1. The molecule has 0 amide bonds. The van der Waals surface area contributed by atoms with E-state index in [2.05, 4.69) is 4.98 Å². The zero-order chi connectivity index (χ0) is 14.4. The van der Waals surface area contributed by atoms with E-state index in [-0.39, 0.29) is 5.41 Å². The van der Waals surface area contributed by atoms with Gasteiger partial charge >= 0.3 is 0 Å². The Kier molecular flexibility index (Phi) is 5.38. The molecular weight excluding hydrogens is 252 g/mol. The third-order valence-corrected chi connectivity index (χ3v) is 4.57. The minimum atomic E-state index is -0.610. The summed E-state index contributed by atoms with van der Waals surface area (Å²) in [4.78, 5) is 4.39. The molecule has 1 heterocycles. The van der Waals surface area contributed by atoms with Crippen molar-refractivity contribution >= 4 is 0 Å². The number of ether oxygens (including phenoxy) is 1. The molecule has 1 aromatic heterocycles. The molecule has 4 heteroatoms. The van der Waals surface area contributed by atoms with Crippen LogP contribution in [0.3, 0.4) is 0 Å². The van der Waals surface area contributed by atoms with Crippen LogP contribution >= 0.6 is 0 Å². The van der Waals surface area contributed by atoms with Crippen molar-refractivity contribution in [2.24, 2.45) is 11.1 Å². The maximum Gasteiger partial charge on any atom is 0.213 e.